The summed E-state index contributed by atoms with van der Waals surface area (Å²) in [6.07, 6.45) is 1.46. The van der Waals surface area contributed by atoms with Gasteiger partial charge in [-0.3, -0.25) is 4.79 Å². The first-order valence-electron chi connectivity index (χ1n) is 7.93. The van der Waals surface area contributed by atoms with Crippen molar-refractivity contribution in [3.8, 4) is 0 Å². The largest absolute Gasteiger partial charge is 0.450 e. The van der Waals surface area contributed by atoms with Crippen LogP contribution in [0.5, 0.6) is 0 Å². The molecule has 1 aromatic carbocycles. The number of anilines is 1. The Labute approximate surface area is 143 Å². The summed E-state index contributed by atoms with van der Waals surface area (Å²) in [5.74, 6) is 1.16. The number of primary amides is 1. The quantitative estimate of drug-likeness (QED) is 0.772. The van der Waals surface area contributed by atoms with Crippen LogP contribution >= 0.6 is 11.6 Å². The Morgan fingerprint density at radius 1 is 1.33 bits per heavy atom. The van der Waals surface area contributed by atoms with Gasteiger partial charge in [-0.1, -0.05) is 11.6 Å². The molecule has 1 aliphatic rings. The lowest BCUT2D eigenvalue weighted by atomic mass is 9.96. The van der Waals surface area contributed by atoms with E-state index < -0.39 is 0 Å². The maximum atomic E-state index is 11.4. The second kappa shape index (κ2) is 5.63. The normalized spacial score (nSPS) is 16.2. The van der Waals surface area contributed by atoms with Crippen molar-refractivity contribution in [1.82, 2.24) is 9.97 Å². The summed E-state index contributed by atoms with van der Waals surface area (Å²) in [6.45, 7) is 3.30. The number of amides is 1. The molecule has 0 bridgehead atoms. The van der Waals surface area contributed by atoms with Gasteiger partial charge in [0.2, 0.25) is 5.91 Å². The van der Waals surface area contributed by atoms with Crippen molar-refractivity contribution in [2.75, 3.05) is 18.0 Å². The minimum absolute atomic E-state index is 0.0610. The van der Waals surface area contributed by atoms with Gasteiger partial charge in [-0.15, -0.1) is 0 Å². The molecule has 7 heteroatoms. The molecule has 0 saturated carbocycles. The molecule has 0 spiro atoms. The van der Waals surface area contributed by atoms with Gasteiger partial charge in [-0.05, 0) is 38.0 Å². The lowest BCUT2D eigenvalue weighted by Gasteiger charge is -2.31. The molecule has 2 aromatic heterocycles. The molecule has 0 atom stereocenters. The molecule has 1 aliphatic heterocycles. The van der Waals surface area contributed by atoms with Crippen LogP contribution in [-0.4, -0.2) is 29.0 Å². The van der Waals surface area contributed by atoms with E-state index >= 15 is 0 Å². The molecule has 1 amide bonds. The van der Waals surface area contributed by atoms with Gasteiger partial charge in [0, 0.05) is 29.4 Å². The summed E-state index contributed by atoms with van der Waals surface area (Å²) in [7, 11) is 0. The van der Waals surface area contributed by atoms with Gasteiger partial charge in [-0.2, -0.15) is 0 Å². The van der Waals surface area contributed by atoms with Crippen LogP contribution in [0.25, 0.3) is 22.1 Å². The number of hydrogen-bond donors (Lipinski definition) is 1. The zero-order chi connectivity index (χ0) is 16.8. The van der Waals surface area contributed by atoms with Crippen molar-refractivity contribution in [2.45, 2.75) is 19.8 Å². The number of halogens is 1. The van der Waals surface area contributed by atoms with E-state index in [-0.39, 0.29) is 11.8 Å². The molecule has 3 heterocycles. The number of carbonyl (C=O) groups is 1. The highest BCUT2D eigenvalue weighted by Gasteiger charge is 2.26. The monoisotopic (exact) mass is 344 g/mol. The fraction of sp³-hybridized carbons (Fsp3) is 0.353. The summed E-state index contributed by atoms with van der Waals surface area (Å²) >= 11 is 6.11. The van der Waals surface area contributed by atoms with Gasteiger partial charge in [0.15, 0.2) is 11.4 Å². The van der Waals surface area contributed by atoms with E-state index in [1.54, 1.807) is 6.07 Å². The Hall–Kier alpha value is -2.34. The van der Waals surface area contributed by atoms with Crippen molar-refractivity contribution in [3.63, 3.8) is 0 Å². The third-order valence-corrected chi connectivity index (χ3v) is 4.80. The summed E-state index contributed by atoms with van der Waals surface area (Å²) in [4.78, 5) is 22.6. The zero-order valence-corrected chi connectivity index (χ0v) is 14.0. The summed E-state index contributed by atoms with van der Waals surface area (Å²) in [6, 6.07) is 5.50. The van der Waals surface area contributed by atoms with E-state index in [1.807, 2.05) is 19.1 Å². The molecular formula is C17H17ClN4O2. The number of nitrogens with two attached hydrogens (primary N) is 1. The van der Waals surface area contributed by atoms with Crippen molar-refractivity contribution in [3.05, 3.63) is 29.0 Å². The zero-order valence-electron chi connectivity index (χ0n) is 13.3. The van der Waals surface area contributed by atoms with Crippen LogP contribution in [0.2, 0.25) is 5.02 Å². The molecule has 0 aliphatic carbocycles. The second-order valence-electron chi connectivity index (χ2n) is 6.18. The number of benzene rings is 1. The first-order chi connectivity index (χ1) is 11.5. The molecule has 0 radical (unpaired) electrons. The Kier molecular flexibility index (Phi) is 3.57. The van der Waals surface area contributed by atoms with Crippen LogP contribution in [0.3, 0.4) is 0 Å². The number of furan rings is 1. The topological polar surface area (TPSA) is 85.3 Å². The SMILES string of the molecule is Cc1nc(N2CCC(C(N)=O)CC2)c2oc3ccc(Cl)cc3c2n1. The molecule has 124 valence electrons. The van der Waals surface area contributed by atoms with Gasteiger partial charge >= 0.3 is 0 Å². The average Bonchev–Trinajstić information content (AvgIpc) is 2.92. The van der Waals surface area contributed by atoms with E-state index in [9.17, 15) is 4.79 Å². The van der Waals surface area contributed by atoms with Gasteiger partial charge in [0.25, 0.3) is 0 Å². The van der Waals surface area contributed by atoms with E-state index in [0.29, 0.717) is 16.4 Å². The van der Waals surface area contributed by atoms with Crippen LogP contribution in [-0.2, 0) is 4.79 Å². The van der Waals surface area contributed by atoms with Crippen molar-refractivity contribution in [1.29, 1.82) is 0 Å². The number of aromatic nitrogens is 2. The Balaban J connectivity index is 1.81. The molecule has 4 rings (SSSR count). The maximum Gasteiger partial charge on any atom is 0.220 e. The predicted molar refractivity (Wildman–Crippen MR) is 93.2 cm³/mol. The number of hydrogen-bond acceptors (Lipinski definition) is 5. The highest BCUT2D eigenvalue weighted by Crippen LogP contribution is 2.35. The Bertz CT molecular complexity index is 945. The lowest BCUT2D eigenvalue weighted by Crippen LogP contribution is -2.39. The first-order valence-corrected chi connectivity index (χ1v) is 8.31. The average molecular weight is 345 g/mol. The number of rotatable bonds is 2. The molecule has 2 N–H and O–H groups in total. The van der Waals surface area contributed by atoms with Crippen molar-refractivity contribution in [2.24, 2.45) is 11.7 Å². The van der Waals surface area contributed by atoms with Crippen LogP contribution in [0.15, 0.2) is 22.6 Å². The molecular weight excluding hydrogens is 328 g/mol. The summed E-state index contributed by atoms with van der Waals surface area (Å²) in [5.41, 5.74) is 7.59. The standard InChI is InChI=1S/C17H17ClN4O2/c1-9-20-14-12-8-11(18)2-3-13(12)24-15(14)17(21-9)22-6-4-10(5-7-22)16(19)23/h2-3,8,10H,4-7H2,1H3,(H2,19,23). The Morgan fingerprint density at radius 2 is 2.08 bits per heavy atom. The number of fused-ring (bicyclic) bond motifs is 3. The van der Waals surface area contributed by atoms with Crippen molar-refractivity contribution < 1.29 is 9.21 Å². The molecule has 24 heavy (non-hydrogen) atoms. The van der Waals surface area contributed by atoms with Gasteiger partial charge in [0.05, 0.1) is 0 Å². The fourth-order valence-corrected chi connectivity index (χ4v) is 3.47. The molecule has 1 fully saturated rings. The van der Waals surface area contributed by atoms with E-state index in [1.165, 1.54) is 0 Å². The minimum Gasteiger partial charge on any atom is -0.450 e. The lowest BCUT2D eigenvalue weighted by molar-refractivity contribution is -0.122. The van der Waals surface area contributed by atoms with Crippen molar-refractivity contribution >= 4 is 45.4 Å². The third-order valence-electron chi connectivity index (χ3n) is 4.57. The van der Waals surface area contributed by atoms with Gasteiger partial charge in [-0.25, -0.2) is 9.97 Å². The fourth-order valence-electron chi connectivity index (χ4n) is 3.30. The highest BCUT2D eigenvalue weighted by molar-refractivity contribution is 6.31. The minimum atomic E-state index is -0.225. The molecule has 3 aromatic rings. The van der Waals surface area contributed by atoms with Gasteiger partial charge in [0.1, 0.15) is 16.9 Å². The maximum absolute atomic E-state index is 11.4. The van der Waals surface area contributed by atoms with E-state index in [4.69, 9.17) is 21.8 Å². The summed E-state index contributed by atoms with van der Waals surface area (Å²) in [5, 5.41) is 1.53. The highest BCUT2D eigenvalue weighted by atomic mass is 35.5. The number of nitrogens with zero attached hydrogens (tertiary/aromatic N) is 3. The predicted octanol–water partition coefficient (Wildman–Crippen LogP) is 3.04. The summed E-state index contributed by atoms with van der Waals surface area (Å²) < 4.78 is 6.00. The van der Waals surface area contributed by atoms with E-state index in [0.717, 1.165) is 48.2 Å². The van der Waals surface area contributed by atoms with Gasteiger partial charge < -0.3 is 15.1 Å². The Morgan fingerprint density at radius 3 is 2.79 bits per heavy atom. The first kappa shape index (κ1) is 15.2. The number of piperidine rings is 1. The van der Waals surface area contributed by atoms with Crippen LogP contribution < -0.4 is 10.6 Å². The molecule has 0 unspecified atom stereocenters. The van der Waals surface area contributed by atoms with Crippen LogP contribution in [0.4, 0.5) is 5.82 Å². The smallest absolute Gasteiger partial charge is 0.220 e. The van der Waals surface area contributed by atoms with Crippen LogP contribution in [0.1, 0.15) is 18.7 Å². The number of aryl methyl sites for hydroxylation is 1. The van der Waals surface area contributed by atoms with E-state index in [2.05, 4.69) is 14.9 Å². The second-order valence-corrected chi connectivity index (χ2v) is 6.61. The molecule has 6 nitrogen and oxygen atoms in total. The molecule has 1 saturated heterocycles. The number of carbonyl (C=O) groups excluding carboxylic acids is 1. The van der Waals surface area contributed by atoms with Crippen LogP contribution in [0, 0.1) is 12.8 Å². The third kappa shape index (κ3) is 2.47.